The van der Waals surface area contributed by atoms with E-state index in [-0.39, 0.29) is 11.5 Å². The minimum absolute atomic E-state index is 0.268. The summed E-state index contributed by atoms with van der Waals surface area (Å²) in [6, 6.07) is 9.75. The highest BCUT2D eigenvalue weighted by molar-refractivity contribution is 7.92. The number of nitrogens with two attached hydrogens (primary N) is 1. The van der Waals surface area contributed by atoms with Crippen LogP contribution in [0.3, 0.4) is 0 Å². The summed E-state index contributed by atoms with van der Waals surface area (Å²) in [4.78, 5) is 3.90. The molecule has 2 aromatic carbocycles. The minimum Gasteiger partial charge on any atom is -0.383 e. The summed E-state index contributed by atoms with van der Waals surface area (Å²) in [5.41, 5.74) is 9.82. The molecule has 4 aromatic rings. The number of ether oxygens (including phenoxy) is 1. The molecule has 1 aliphatic heterocycles. The second-order valence-corrected chi connectivity index (χ2v) is 11.9. The van der Waals surface area contributed by atoms with E-state index in [1.54, 1.807) is 12.3 Å². The lowest BCUT2D eigenvalue weighted by Gasteiger charge is -2.33. The molecule has 0 spiro atoms. The van der Waals surface area contributed by atoms with E-state index in [4.69, 9.17) is 15.6 Å². The van der Waals surface area contributed by atoms with Crippen molar-refractivity contribution in [3.8, 4) is 11.3 Å². The molecule has 3 heterocycles. The van der Waals surface area contributed by atoms with Gasteiger partial charge < -0.3 is 15.8 Å². The number of nitrogens with zero attached hydrogens (tertiary/aromatic N) is 3. The average molecular weight is 581 g/mol. The molecule has 0 unspecified atom stereocenters. The zero-order chi connectivity index (χ0) is 28.7. The number of aryl methyl sites for hydroxylation is 1. The molecule has 6 rings (SSSR count). The van der Waals surface area contributed by atoms with Gasteiger partial charge in [-0.05, 0) is 56.0 Å². The number of aromatic nitrogens is 3. The van der Waals surface area contributed by atoms with Gasteiger partial charge >= 0.3 is 0 Å². The lowest BCUT2D eigenvalue weighted by atomic mass is 9.89. The molecule has 0 bridgehead atoms. The molecule has 9 nitrogen and oxygen atoms in total. The summed E-state index contributed by atoms with van der Waals surface area (Å²) >= 11 is 0. The Morgan fingerprint density at radius 2 is 1.93 bits per heavy atom. The number of hydrogen-bond donors (Lipinski definition) is 3. The maximum absolute atomic E-state index is 15.3. The van der Waals surface area contributed by atoms with Gasteiger partial charge in [-0.1, -0.05) is 24.3 Å². The van der Waals surface area contributed by atoms with E-state index < -0.39 is 26.6 Å². The van der Waals surface area contributed by atoms with Gasteiger partial charge in [0.1, 0.15) is 28.0 Å². The Morgan fingerprint density at radius 3 is 2.59 bits per heavy atom. The van der Waals surface area contributed by atoms with Gasteiger partial charge in [-0.25, -0.2) is 22.2 Å². The lowest BCUT2D eigenvalue weighted by molar-refractivity contribution is -0.0103. The van der Waals surface area contributed by atoms with Crippen molar-refractivity contribution in [2.24, 2.45) is 0 Å². The van der Waals surface area contributed by atoms with Gasteiger partial charge in [-0.15, -0.1) is 0 Å². The predicted octanol–water partition coefficient (Wildman–Crippen LogP) is 4.70. The highest BCUT2D eigenvalue weighted by atomic mass is 32.2. The molecule has 0 saturated carbocycles. The van der Waals surface area contributed by atoms with Crippen molar-refractivity contribution in [3.05, 3.63) is 71.9 Å². The van der Waals surface area contributed by atoms with Crippen LogP contribution in [0.5, 0.6) is 0 Å². The smallest absolute Gasteiger partial charge is 0.264 e. The van der Waals surface area contributed by atoms with Gasteiger partial charge in [0, 0.05) is 29.9 Å². The first-order chi connectivity index (χ1) is 19.7. The number of pyridine rings is 1. The fraction of sp³-hybridized carbons (Fsp3) is 0.310. The molecule has 0 amide bonds. The first kappa shape index (κ1) is 27.3. The van der Waals surface area contributed by atoms with Crippen molar-refractivity contribution in [2.45, 2.75) is 49.7 Å². The molecule has 4 N–H and O–H groups in total. The van der Waals surface area contributed by atoms with E-state index >= 15 is 4.39 Å². The second-order valence-electron chi connectivity index (χ2n) is 10.3. The molecule has 1 saturated heterocycles. The van der Waals surface area contributed by atoms with Crippen molar-refractivity contribution < 1.29 is 21.9 Å². The zero-order valence-electron chi connectivity index (χ0n) is 22.4. The summed E-state index contributed by atoms with van der Waals surface area (Å²) in [6.07, 6.45) is 6.74. The number of nitrogens with one attached hydrogen (secondary N) is 2. The van der Waals surface area contributed by atoms with Gasteiger partial charge in [0.05, 0.1) is 35.8 Å². The van der Waals surface area contributed by atoms with Crippen molar-refractivity contribution in [1.82, 2.24) is 20.1 Å². The Kier molecular flexibility index (Phi) is 7.22. The van der Waals surface area contributed by atoms with Crippen LogP contribution in [0.15, 0.2) is 59.6 Å². The summed E-state index contributed by atoms with van der Waals surface area (Å²) < 4.78 is 64.0. The third kappa shape index (κ3) is 5.18. The number of fused-ring (bicyclic) bond motifs is 1. The van der Waals surface area contributed by atoms with E-state index in [1.165, 1.54) is 24.3 Å². The van der Waals surface area contributed by atoms with Crippen LogP contribution >= 0.6 is 0 Å². The van der Waals surface area contributed by atoms with Crippen LogP contribution in [0.4, 0.5) is 20.3 Å². The van der Waals surface area contributed by atoms with Crippen LogP contribution in [0, 0.1) is 11.6 Å². The van der Waals surface area contributed by atoms with Crippen LogP contribution in [-0.4, -0.2) is 48.5 Å². The standard InChI is InChI=1S/C29H30F2N6O3S/c1-2-37-28-21(17-7-10-19(11-8-17)34-20-15-40-16-20)14-33-29(32)26(28)27(35-37)18-9-12-24(23(31)13-18)36-41(38,39)25-6-4-3-5-22(25)30/h3-7,9,12-14,19-20,34,36H,2,8,10-11,15-16H2,1H3,(H2,32,33)/t19-/m1/s1. The van der Waals surface area contributed by atoms with Crippen LogP contribution in [-0.2, 0) is 21.3 Å². The Morgan fingerprint density at radius 1 is 1.12 bits per heavy atom. The van der Waals surface area contributed by atoms with E-state index in [0.717, 1.165) is 61.3 Å². The first-order valence-electron chi connectivity index (χ1n) is 13.5. The normalized spacial score (nSPS) is 17.8. The molecular weight excluding hydrogens is 550 g/mol. The molecule has 1 atom stereocenters. The Hall–Kier alpha value is -3.87. The predicted molar refractivity (Wildman–Crippen MR) is 154 cm³/mol. The highest BCUT2D eigenvalue weighted by Crippen LogP contribution is 2.39. The maximum atomic E-state index is 15.3. The molecule has 2 aromatic heterocycles. The van der Waals surface area contributed by atoms with Crippen LogP contribution in [0.2, 0.25) is 0 Å². The summed E-state index contributed by atoms with van der Waals surface area (Å²) in [6.45, 7) is 4.03. The first-order valence-corrected chi connectivity index (χ1v) is 15.0. The fourth-order valence-corrected chi connectivity index (χ4v) is 6.55. The average Bonchev–Trinajstić information content (AvgIpc) is 3.33. The third-order valence-corrected chi connectivity index (χ3v) is 8.97. The molecule has 0 radical (unpaired) electrons. The number of anilines is 2. The molecular formula is C29H30F2N6O3S. The largest absolute Gasteiger partial charge is 0.383 e. The van der Waals surface area contributed by atoms with Crippen molar-refractivity contribution in [1.29, 1.82) is 0 Å². The topological polar surface area (TPSA) is 124 Å². The van der Waals surface area contributed by atoms with Gasteiger partial charge in [0.2, 0.25) is 0 Å². The number of nitrogen functional groups attached to an aromatic ring is 1. The monoisotopic (exact) mass is 580 g/mol. The zero-order valence-corrected chi connectivity index (χ0v) is 23.2. The van der Waals surface area contributed by atoms with Crippen molar-refractivity contribution in [3.63, 3.8) is 0 Å². The number of sulfonamides is 1. The molecule has 214 valence electrons. The van der Waals surface area contributed by atoms with E-state index in [0.29, 0.717) is 35.3 Å². The van der Waals surface area contributed by atoms with E-state index in [1.807, 2.05) is 11.6 Å². The third-order valence-electron chi connectivity index (χ3n) is 7.58. The fourth-order valence-electron chi connectivity index (χ4n) is 5.41. The van der Waals surface area contributed by atoms with Crippen molar-refractivity contribution >= 4 is 38.0 Å². The Labute approximate surface area is 236 Å². The van der Waals surface area contributed by atoms with Crippen LogP contribution in [0.25, 0.3) is 27.7 Å². The SMILES string of the molecule is CCn1nc(-c2ccc(NS(=O)(=O)c3ccccc3F)c(F)c2)c2c(N)ncc(C3=CC[C@@H](NC4COC4)CC3)c21. The second kappa shape index (κ2) is 10.8. The molecule has 1 aliphatic carbocycles. The van der Waals surface area contributed by atoms with E-state index in [2.05, 4.69) is 21.1 Å². The lowest BCUT2D eigenvalue weighted by Crippen LogP contribution is -2.50. The number of hydrogen-bond acceptors (Lipinski definition) is 7. The molecule has 41 heavy (non-hydrogen) atoms. The highest BCUT2D eigenvalue weighted by Gasteiger charge is 2.26. The number of benzene rings is 2. The maximum Gasteiger partial charge on any atom is 0.264 e. The Balaban J connectivity index is 1.34. The summed E-state index contributed by atoms with van der Waals surface area (Å²) in [5.74, 6) is -1.50. The minimum atomic E-state index is -4.34. The van der Waals surface area contributed by atoms with Crippen LogP contribution < -0.4 is 15.8 Å². The molecule has 2 aliphatic rings. The molecule has 1 fully saturated rings. The summed E-state index contributed by atoms with van der Waals surface area (Å²) in [7, 11) is -4.34. The Bertz CT molecular complexity index is 1770. The number of allylic oxidation sites excluding steroid dienone is 1. The van der Waals surface area contributed by atoms with Crippen LogP contribution in [0.1, 0.15) is 31.7 Å². The van der Waals surface area contributed by atoms with Crippen molar-refractivity contribution in [2.75, 3.05) is 23.7 Å². The number of halogens is 2. The van der Waals surface area contributed by atoms with Gasteiger partial charge in [0.15, 0.2) is 0 Å². The van der Waals surface area contributed by atoms with E-state index in [9.17, 15) is 12.8 Å². The molecule has 12 heteroatoms. The summed E-state index contributed by atoms with van der Waals surface area (Å²) in [5, 5.41) is 9.01. The van der Waals surface area contributed by atoms with Gasteiger partial charge in [-0.2, -0.15) is 5.10 Å². The quantitative estimate of drug-likeness (QED) is 0.276. The van der Waals surface area contributed by atoms with Gasteiger partial charge in [-0.3, -0.25) is 9.40 Å². The number of rotatable bonds is 8. The van der Waals surface area contributed by atoms with Gasteiger partial charge in [0.25, 0.3) is 10.0 Å².